The summed E-state index contributed by atoms with van der Waals surface area (Å²) < 4.78 is 52.2. The molecule has 1 amide bonds. The van der Waals surface area contributed by atoms with E-state index in [1.54, 1.807) is 0 Å². The summed E-state index contributed by atoms with van der Waals surface area (Å²) in [6.45, 7) is 4.14. The average Bonchev–Trinajstić information content (AvgIpc) is 2.71. The fourth-order valence-electron chi connectivity index (χ4n) is 2.84. The summed E-state index contributed by atoms with van der Waals surface area (Å²) in [6.07, 6.45) is -5.30. The lowest BCUT2D eigenvalue weighted by Gasteiger charge is -2.22. The number of carbonyl (C=O) groups excluding carboxylic acids is 1. The molecule has 2 atom stereocenters. The van der Waals surface area contributed by atoms with Crippen molar-refractivity contribution >= 4 is 11.9 Å². The van der Waals surface area contributed by atoms with E-state index < -0.39 is 35.7 Å². The maximum Gasteiger partial charge on any atom is 0.416 e. The Hall–Kier alpha value is -3.18. The molecule has 0 saturated carbocycles. The molecule has 2 aromatic carbocycles. The predicted molar refractivity (Wildman–Crippen MR) is 117 cm³/mol. The summed E-state index contributed by atoms with van der Waals surface area (Å²) in [5, 5.41) is 14.6. The molecule has 7 N–H and O–H groups in total. The van der Waals surface area contributed by atoms with Crippen LogP contribution in [-0.4, -0.2) is 29.7 Å². The van der Waals surface area contributed by atoms with Gasteiger partial charge >= 0.3 is 6.18 Å². The van der Waals surface area contributed by atoms with Crippen molar-refractivity contribution in [2.75, 3.05) is 6.54 Å². The number of phenolic OH excluding ortho intramolecular Hbond substituents is 1. The number of carbonyl (C=O) groups is 1. The van der Waals surface area contributed by atoms with Gasteiger partial charge in [0.2, 0.25) is 0 Å². The van der Waals surface area contributed by atoms with Crippen molar-refractivity contribution in [1.82, 2.24) is 10.6 Å². The SMILES string of the molecule is CC(C)CN=C(NC(=O)c1ccc(C(F)(F)F)cc1)NC(N)CC(N)c1ccc(O)cc1F. The largest absolute Gasteiger partial charge is 0.508 e. The summed E-state index contributed by atoms with van der Waals surface area (Å²) in [5.41, 5.74) is 11.4. The van der Waals surface area contributed by atoms with E-state index in [4.69, 9.17) is 11.5 Å². The molecule has 180 valence electrons. The number of rotatable bonds is 7. The molecule has 0 spiro atoms. The lowest BCUT2D eigenvalue weighted by atomic mass is 10.0. The van der Waals surface area contributed by atoms with Crippen molar-refractivity contribution in [3.05, 3.63) is 65.0 Å². The third-order valence-corrected chi connectivity index (χ3v) is 4.53. The first kappa shape index (κ1) is 26.1. The number of nitrogens with zero attached hydrogens (tertiary/aromatic N) is 1. The second kappa shape index (κ2) is 11.1. The minimum Gasteiger partial charge on any atom is -0.508 e. The third kappa shape index (κ3) is 8.03. The number of guanidine groups is 1. The number of nitrogens with two attached hydrogens (primary N) is 2. The number of aromatic hydroxyl groups is 1. The molecule has 11 heteroatoms. The number of nitrogens with one attached hydrogen (secondary N) is 2. The predicted octanol–water partition coefficient (Wildman–Crippen LogP) is 3.26. The topological polar surface area (TPSA) is 126 Å². The number of hydrogen-bond donors (Lipinski definition) is 5. The van der Waals surface area contributed by atoms with Crippen LogP contribution < -0.4 is 22.1 Å². The van der Waals surface area contributed by atoms with Gasteiger partial charge in [0.1, 0.15) is 11.6 Å². The number of phenols is 1. The molecule has 0 bridgehead atoms. The van der Waals surface area contributed by atoms with Crippen LogP contribution >= 0.6 is 0 Å². The van der Waals surface area contributed by atoms with Crippen LogP contribution in [0, 0.1) is 11.7 Å². The van der Waals surface area contributed by atoms with Gasteiger partial charge in [-0.05, 0) is 36.2 Å². The number of hydrogen-bond acceptors (Lipinski definition) is 5. The Morgan fingerprint density at radius 2 is 1.76 bits per heavy atom. The zero-order valence-electron chi connectivity index (χ0n) is 18.2. The monoisotopic (exact) mass is 469 g/mol. The fraction of sp³-hybridized carbons (Fsp3) is 0.364. The maximum absolute atomic E-state index is 14.0. The minimum atomic E-state index is -4.51. The van der Waals surface area contributed by atoms with E-state index in [0.29, 0.717) is 6.54 Å². The molecule has 2 aromatic rings. The Morgan fingerprint density at radius 3 is 2.30 bits per heavy atom. The van der Waals surface area contributed by atoms with Crippen LogP contribution in [0.15, 0.2) is 47.5 Å². The van der Waals surface area contributed by atoms with E-state index in [0.717, 1.165) is 30.3 Å². The molecule has 0 aliphatic heterocycles. The van der Waals surface area contributed by atoms with Crippen LogP contribution in [0.3, 0.4) is 0 Å². The zero-order chi connectivity index (χ0) is 24.8. The van der Waals surface area contributed by atoms with Crippen LogP contribution in [0.25, 0.3) is 0 Å². The van der Waals surface area contributed by atoms with Gasteiger partial charge in [0.15, 0.2) is 5.96 Å². The molecule has 2 unspecified atom stereocenters. The Morgan fingerprint density at radius 1 is 1.12 bits per heavy atom. The number of alkyl halides is 3. The van der Waals surface area contributed by atoms with Crippen molar-refractivity contribution in [3.63, 3.8) is 0 Å². The fourth-order valence-corrected chi connectivity index (χ4v) is 2.84. The quantitative estimate of drug-likeness (QED) is 0.184. The molecule has 0 saturated heterocycles. The molecule has 2 rings (SSSR count). The molecular weight excluding hydrogens is 442 g/mol. The van der Waals surface area contributed by atoms with Gasteiger partial charge in [0.25, 0.3) is 5.91 Å². The van der Waals surface area contributed by atoms with Crippen molar-refractivity contribution in [3.8, 4) is 5.75 Å². The highest BCUT2D eigenvalue weighted by molar-refractivity contribution is 6.05. The highest BCUT2D eigenvalue weighted by atomic mass is 19.4. The number of amides is 1. The molecular formula is C22H27F4N5O2. The van der Waals surface area contributed by atoms with Crippen molar-refractivity contribution in [2.45, 2.75) is 38.7 Å². The number of aliphatic imine (C=N–C) groups is 1. The Kier molecular flexibility index (Phi) is 8.77. The summed E-state index contributed by atoms with van der Waals surface area (Å²) in [6, 6.07) is 6.51. The van der Waals surface area contributed by atoms with E-state index in [-0.39, 0.29) is 35.2 Å². The summed E-state index contributed by atoms with van der Waals surface area (Å²) in [4.78, 5) is 16.8. The Balaban J connectivity index is 2.09. The van der Waals surface area contributed by atoms with Gasteiger partial charge < -0.3 is 21.9 Å². The van der Waals surface area contributed by atoms with Gasteiger partial charge in [-0.25, -0.2) is 4.39 Å². The molecule has 33 heavy (non-hydrogen) atoms. The van der Waals surface area contributed by atoms with Crippen molar-refractivity contribution in [1.29, 1.82) is 0 Å². The first-order valence-electron chi connectivity index (χ1n) is 10.2. The van der Waals surface area contributed by atoms with E-state index in [1.165, 1.54) is 12.1 Å². The van der Waals surface area contributed by atoms with Crippen LogP contribution in [0.5, 0.6) is 5.75 Å². The molecule has 0 aliphatic rings. The normalized spacial score (nSPS) is 14.2. The lowest BCUT2D eigenvalue weighted by Crippen LogP contribution is -2.50. The van der Waals surface area contributed by atoms with Crippen molar-refractivity contribution < 1.29 is 27.5 Å². The minimum absolute atomic E-state index is 0.00140. The molecule has 0 aliphatic carbocycles. The Labute approximate surface area is 188 Å². The third-order valence-electron chi connectivity index (χ3n) is 4.53. The number of halogens is 4. The molecule has 0 aromatic heterocycles. The second-order valence-corrected chi connectivity index (χ2v) is 7.91. The van der Waals surface area contributed by atoms with Crippen LogP contribution in [0.1, 0.15) is 47.8 Å². The van der Waals surface area contributed by atoms with Crippen molar-refractivity contribution in [2.24, 2.45) is 22.4 Å². The average molecular weight is 469 g/mol. The van der Waals surface area contributed by atoms with Gasteiger partial charge in [-0.15, -0.1) is 0 Å². The van der Waals surface area contributed by atoms with Crippen LogP contribution in [0.4, 0.5) is 17.6 Å². The van der Waals surface area contributed by atoms with Gasteiger partial charge in [-0.3, -0.25) is 15.1 Å². The molecule has 0 fully saturated rings. The summed E-state index contributed by atoms with van der Waals surface area (Å²) in [5.74, 6) is -1.44. The summed E-state index contributed by atoms with van der Waals surface area (Å²) >= 11 is 0. The van der Waals surface area contributed by atoms with E-state index in [9.17, 15) is 27.5 Å². The first-order chi connectivity index (χ1) is 15.4. The van der Waals surface area contributed by atoms with E-state index in [2.05, 4.69) is 15.6 Å². The highest BCUT2D eigenvalue weighted by Gasteiger charge is 2.30. The first-order valence-corrected chi connectivity index (χ1v) is 10.2. The molecule has 0 radical (unpaired) electrons. The lowest BCUT2D eigenvalue weighted by molar-refractivity contribution is -0.137. The van der Waals surface area contributed by atoms with E-state index in [1.807, 2.05) is 13.8 Å². The molecule has 7 nitrogen and oxygen atoms in total. The van der Waals surface area contributed by atoms with Gasteiger partial charge in [-0.2, -0.15) is 13.2 Å². The highest BCUT2D eigenvalue weighted by Crippen LogP contribution is 2.29. The van der Waals surface area contributed by atoms with E-state index >= 15 is 0 Å². The van der Waals surface area contributed by atoms with Gasteiger partial charge in [0.05, 0.1) is 11.7 Å². The Bertz CT molecular complexity index is 978. The van der Waals surface area contributed by atoms with Gasteiger partial charge in [-0.1, -0.05) is 19.9 Å². The molecule has 0 heterocycles. The van der Waals surface area contributed by atoms with Crippen LogP contribution in [0.2, 0.25) is 0 Å². The van der Waals surface area contributed by atoms with Gasteiger partial charge in [0, 0.05) is 36.2 Å². The second-order valence-electron chi connectivity index (χ2n) is 7.91. The summed E-state index contributed by atoms with van der Waals surface area (Å²) in [7, 11) is 0. The zero-order valence-corrected chi connectivity index (χ0v) is 18.2. The number of benzene rings is 2. The maximum atomic E-state index is 14.0. The smallest absolute Gasteiger partial charge is 0.416 e. The standard InChI is InChI=1S/C22H27F4N5O2/c1-12(2)11-29-21(31-20(33)13-3-5-14(6-4-13)22(24,25)26)30-19(28)10-18(27)16-8-7-15(32)9-17(16)23/h3-9,12,18-19,32H,10-11,27-28H2,1-2H3,(H2,29,30,31,33). The van der Waals surface area contributed by atoms with Crippen LogP contribution in [-0.2, 0) is 6.18 Å².